The number of likely N-dealkylation sites (N-methyl/N-ethyl adjacent to an activating group) is 2. The lowest BCUT2D eigenvalue weighted by Gasteiger charge is -2.31. The molecule has 1 fully saturated rings. The number of carbonyl (C=O) groups is 1. The fourth-order valence-electron chi connectivity index (χ4n) is 2.89. The minimum Gasteiger partial charge on any atom is -0.308 e. The number of hydrogen-bond donors (Lipinski definition) is 0. The summed E-state index contributed by atoms with van der Waals surface area (Å²) >= 11 is 0. The van der Waals surface area contributed by atoms with Crippen LogP contribution < -0.4 is 0 Å². The Bertz CT molecular complexity index is 253. The maximum Gasteiger partial charge on any atom is 0.137 e. The van der Waals surface area contributed by atoms with Gasteiger partial charge in [0.1, 0.15) is 5.78 Å². The van der Waals surface area contributed by atoms with E-state index in [0.29, 0.717) is 11.7 Å². The molecule has 0 aliphatic heterocycles. The lowest BCUT2D eigenvalue weighted by atomic mass is 9.78. The van der Waals surface area contributed by atoms with Crippen LogP contribution in [0.2, 0.25) is 0 Å². The first kappa shape index (κ1) is 15.6. The second kappa shape index (κ2) is 7.90. The summed E-state index contributed by atoms with van der Waals surface area (Å²) in [6, 6.07) is 0. The molecule has 106 valence electrons. The maximum atomic E-state index is 12.0. The summed E-state index contributed by atoms with van der Waals surface area (Å²) in [6.07, 6.45) is 5.62. The highest BCUT2D eigenvalue weighted by Gasteiger charge is 2.28. The van der Waals surface area contributed by atoms with E-state index in [4.69, 9.17) is 0 Å². The van der Waals surface area contributed by atoms with E-state index in [1.165, 1.54) is 12.8 Å². The van der Waals surface area contributed by atoms with Crippen LogP contribution >= 0.6 is 0 Å². The molecule has 0 spiro atoms. The summed E-state index contributed by atoms with van der Waals surface area (Å²) in [7, 11) is 6.33. The molecule has 1 aliphatic rings. The molecule has 0 aromatic carbocycles. The van der Waals surface area contributed by atoms with Gasteiger partial charge in [-0.25, -0.2) is 0 Å². The Morgan fingerprint density at radius 2 is 1.94 bits per heavy atom. The van der Waals surface area contributed by atoms with E-state index in [1.54, 1.807) is 0 Å². The van der Waals surface area contributed by atoms with Gasteiger partial charge in [0.2, 0.25) is 0 Å². The number of carbonyl (C=O) groups excluding carboxylic acids is 1. The lowest BCUT2D eigenvalue weighted by Crippen LogP contribution is -2.37. The SMILES string of the molecule is CCCC1CCC(=O)C(CN(C)CCN(C)C)C1. The minimum atomic E-state index is 0.294. The summed E-state index contributed by atoms with van der Waals surface area (Å²) in [6.45, 7) is 5.31. The highest BCUT2D eigenvalue weighted by Crippen LogP contribution is 2.30. The molecule has 3 heteroatoms. The Balaban J connectivity index is 2.35. The van der Waals surface area contributed by atoms with Crippen molar-refractivity contribution >= 4 is 5.78 Å². The number of nitrogens with zero attached hydrogens (tertiary/aromatic N) is 2. The van der Waals surface area contributed by atoms with Gasteiger partial charge in [-0.1, -0.05) is 19.8 Å². The average Bonchev–Trinajstić information content (AvgIpc) is 2.31. The standard InChI is InChI=1S/C15H30N2O/c1-5-6-13-7-8-15(18)14(11-13)12-17(4)10-9-16(2)3/h13-14H,5-12H2,1-4H3. The highest BCUT2D eigenvalue weighted by molar-refractivity contribution is 5.81. The van der Waals surface area contributed by atoms with Gasteiger partial charge in [-0.05, 0) is 39.9 Å². The zero-order valence-corrected chi connectivity index (χ0v) is 12.6. The van der Waals surface area contributed by atoms with Crippen LogP contribution in [-0.4, -0.2) is 56.4 Å². The summed E-state index contributed by atoms with van der Waals surface area (Å²) in [5.74, 6) is 1.58. The molecule has 2 atom stereocenters. The number of Topliss-reactive ketones (excluding diaryl/α,β-unsaturated/α-hetero) is 1. The van der Waals surface area contributed by atoms with Crippen LogP contribution in [0.3, 0.4) is 0 Å². The Morgan fingerprint density at radius 3 is 2.56 bits per heavy atom. The van der Waals surface area contributed by atoms with Gasteiger partial charge in [-0.2, -0.15) is 0 Å². The summed E-state index contributed by atoms with van der Waals surface area (Å²) in [4.78, 5) is 16.5. The molecule has 0 heterocycles. The van der Waals surface area contributed by atoms with Gasteiger partial charge in [-0.3, -0.25) is 4.79 Å². The van der Waals surface area contributed by atoms with Crippen LogP contribution in [0.15, 0.2) is 0 Å². The Hall–Kier alpha value is -0.410. The van der Waals surface area contributed by atoms with Crippen molar-refractivity contribution in [2.24, 2.45) is 11.8 Å². The van der Waals surface area contributed by atoms with Gasteiger partial charge in [0.15, 0.2) is 0 Å². The van der Waals surface area contributed by atoms with Crippen molar-refractivity contribution in [1.82, 2.24) is 9.80 Å². The first-order valence-electron chi connectivity index (χ1n) is 7.39. The topological polar surface area (TPSA) is 23.6 Å². The first-order valence-corrected chi connectivity index (χ1v) is 7.39. The van der Waals surface area contributed by atoms with Gasteiger partial charge in [-0.15, -0.1) is 0 Å². The van der Waals surface area contributed by atoms with Crippen molar-refractivity contribution in [3.63, 3.8) is 0 Å². The van der Waals surface area contributed by atoms with E-state index in [2.05, 4.69) is 37.9 Å². The molecule has 1 rings (SSSR count). The van der Waals surface area contributed by atoms with Crippen molar-refractivity contribution in [1.29, 1.82) is 0 Å². The molecule has 0 radical (unpaired) electrons. The molecule has 0 aromatic rings. The Labute approximate surface area is 113 Å². The number of ketones is 1. The molecule has 0 bridgehead atoms. The molecular formula is C15H30N2O. The van der Waals surface area contributed by atoms with Crippen LogP contribution in [0.5, 0.6) is 0 Å². The maximum absolute atomic E-state index is 12.0. The third-order valence-corrected chi connectivity index (χ3v) is 4.03. The van der Waals surface area contributed by atoms with Crippen LogP contribution in [0.4, 0.5) is 0 Å². The molecule has 0 aromatic heterocycles. The first-order chi connectivity index (χ1) is 8.52. The van der Waals surface area contributed by atoms with Crippen LogP contribution in [0, 0.1) is 11.8 Å². The monoisotopic (exact) mass is 254 g/mol. The van der Waals surface area contributed by atoms with Crippen molar-refractivity contribution in [3.8, 4) is 0 Å². The molecule has 2 unspecified atom stereocenters. The van der Waals surface area contributed by atoms with Gasteiger partial charge >= 0.3 is 0 Å². The van der Waals surface area contributed by atoms with Crippen LogP contribution in [-0.2, 0) is 4.79 Å². The zero-order chi connectivity index (χ0) is 13.5. The second-order valence-electron chi connectivity index (χ2n) is 6.16. The van der Waals surface area contributed by atoms with Crippen molar-refractivity contribution in [2.45, 2.75) is 39.0 Å². The second-order valence-corrected chi connectivity index (χ2v) is 6.16. The third-order valence-electron chi connectivity index (χ3n) is 4.03. The normalized spacial score (nSPS) is 25.1. The molecule has 18 heavy (non-hydrogen) atoms. The fourth-order valence-corrected chi connectivity index (χ4v) is 2.89. The molecule has 0 saturated heterocycles. The molecule has 3 nitrogen and oxygen atoms in total. The summed E-state index contributed by atoms with van der Waals surface area (Å²) in [5.41, 5.74) is 0. The Morgan fingerprint density at radius 1 is 1.22 bits per heavy atom. The van der Waals surface area contributed by atoms with Crippen molar-refractivity contribution in [2.75, 3.05) is 40.8 Å². The Kier molecular flexibility index (Phi) is 6.87. The quantitative estimate of drug-likeness (QED) is 0.696. The van der Waals surface area contributed by atoms with Gasteiger partial charge in [0, 0.05) is 32.0 Å². The van der Waals surface area contributed by atoms with E-state index in [-0.39, 0.29) is 0 Å². The molecule has 0 N–H and O–H groups in total. The predicted octanol–water partition coefficient (Wildman–Crippen LogP) is 2.27. The van der Waals surface area contributed by atoms with Gasteiger partial charge in [0.25, 0.3) is 0 Å². The van der Waals surface area contributed by atoms with E-state index in [9.17, 15) is 4.79 Å². The molecule has 1 aliphatic carbocycles. The van der Waals surface area contributed by atoms with Crippen molar-refractivity contribution in [3.05, 3.63) is 0 Å². The molecule has 1 saturated carbocycles. The number of hydrogen-bond acceptors (Lipinski definition) is 3. The predicted molar refractivity (Wildman–Crippen MR) is 76.8 cm³/mol. The van der Waals surface area contributed by atoms with Crippen LogP contribution in [0.25, 0.3) is 0 Å². The van der Waals surface area contributed by atoms with Crippen LogP contribution in [0.1, 0.15) is 39.0 Å². The number of rotatable bonds is 7. The fraction of sp³-hybridized carbons (Fsp3) is 0.933. The van der Waals surface area contributed by atoms with E-state index >= 15 is 0 Å². The minimum absolute atomic E-state index is 0.294. The highest BCUT2D eigenvalue weighted by atomic mass is 16.1. The van der Waals surface area contributed by atoms with E-state index in [1.807, 2.05) is 0 Å². The third kappa shape index (κ3) is 5.49. The largest absolute Gasteiger partial charge is 0.308 e. The summed E-state index contributed by atoms with van der Waals surface area (Å²) < 4.78 is 0. The van der Waals surface area contributed by atoms with Gasteiger partial charge in [0.05, 0.1) is 0 Å². The van der Waals surface area contributed by atoms with E-state index < -0.39 is 0 Å². The van der Waals surface area contributed by atoms with E-state index in [0.717, 1.165) is 44.8 Å². The zero-order valence-electron chi connectivity index (χ0n) is 12.6. The molecule has 0 amide bonds. The van der Waals surface area contributed by atoms with Gasteiger partial charge < -0.3 is 9.80 Å². The summed E-state index contributed by atoms with van der Waals surface area (Å²) in [5, 5.41) is 0. The molecular weight excluding hydrogens is 224 g/mol. The van der Waals surface area contributed by atoms with Crippen molar-refractivity contribution < 1.29 is 4.79 Å². The lowest BCUT2D eigenvalue weighted by molar-refractivity contribution is -0.126. The smallest absolute Gasteiger partial charge is 0.137 e. The average molecular weight is 254 g/mol.